The van der Waals surface area contributed by atoms with E-state index in [1.54, 1.807) is 0 Å². The van der Waals surface area contributed by atoms with Gasteiger partial charge < -0.3 is 10.4 Å². The molecule has 106 valence electrons. The number of nitrogens with zero attached hydrogens (tertiary/aromatic N) is 1. The Kier molecular flexibility index (Phi) is 4.29. The van der Waals surface area contributed by atoms with Crippen LogP contribution in [0.3, 0.4) is 0 Å². The number of nitrogens with one attached hydrogen (secondary N) is 1. The first-order chi connectivity index (χ1) is 9.00. The second-order valence-corrected chi connectivity index (χ2v) is 4.91. The van der Waals surface area contributed by atoms with Gasteiger partial charge in [-0.05, 0) is 25.0 Å². The number of halogens is 3. The second-order valence-electron chi connectivity index (χ2n) is 4.91. The molecular weight excluding hydrogens is 257 g/mol. The number of rotatable bonds is 3. The third kappa shape index (κ3) is 3.59. The summed E-state index contributed by atoms with van der Waals surface area (Å²) in [4.78, 5) is 3.80. The molecule has 1 aromatic rings. The molecule has 0 aliphatic heterocycles. The van der Waals surface area contributed by atoms with Gasteiger partial charge in [-0.15, -0.1) is 0 Å². The topological polar surface area (TPSA) is 45.1 Å². The van der Waals surface area contributed by atoms with Gasteiger partial charge in [-0.25, -0.2) is 4.98 Å². The quantitative estimate of drug-likeness (QED) is 0.890. The van der Waals surface area contributed by atoms with Crippen LogP contribution >= 0.6 is 0 Å². The molecule has 1 aromatic heterocycles. The largest absolute Gasteiger partial charge is 0.417 e. The zero-order valence-electron chi connectivity index (χ0n) is 10.5. The summed E-state index contributed by atoms with van der Waals surface area (Å²) in [6.07, 6.45) is 0.477. The number of aliphatic hydroxyl groups is 1. The van der Waals surface area contributed by atoms with Crippen molar-refractivity contribution >= 4 is 5.82 Å². The fourth-order valence-electron chi connectivity index (χ4n) is 2.45. The number of hydrogen-bond donors (Lipinski definition) is 2. The molecule has 1 saturated carbocycles. The van der Waals surface area contributed by atoms with E-state index in [1.807, 2.05) is 0 Å². The Morgan fingerprint density at radius 1 is 1.26 bits per heavy atom. The average molecular weight is 274 g/mol. The van der Waals surface area contributed by atoms with Gasteiger partial charge in [0.05, 0.1) is 5.56 Å². The van der Waals surface area contributed by atoms with Gasteiger partial charge in [-0.2, -0.15) is 13.2 Å². The fraction of sp³-hybridized carbons (Fsp3) is 0.615. The van der Waals surface area contributed by atoms with Crippen LogP contribution in [0, 0.1) is 5.92 Å². The molecule has 0 saturated heterocycles. The minimum absolute atomic E-state index is 0.0861. The third-order valence-corrected chi connectivity index (χ3v) is 3.57. The number of hydrogen-bond acceptors (Lipinski definition) is 3. The van der Waals surface area contributed by atoms with Gasteiger partial charge >= 0.3 is 6.18 Å². The van der Waals surface area contributed by atoms with Crippen molar-refractivity contribution in [3.05, 3.63) is 23.9 Å². The molecule has 2 N–H and O–H groups in total. The summed E-state index contributed by atoms with van der Waals surface area (Å²) in [5.41, 5.74) is -0.750. The van der Waals surface area contributed by atoms with Crippen LogP contribution in [0.4, 0.5) is 19.0 Å². The molecule has 1 aliphatic rings. The Balaban J connectivity index is 2.02. The van der Waals surface area contributed by atoms with E-state index >= 15 is 0 Å². The van der Waals surface area contributed by atoms with Crippen molar-refractivity contribution in [1.29, 1.82) is 0 Å². The Morgan fingerprint density at radius 3 is 2.58 bits per heavy atom. The number of alkyl halides is 3. The lowest BCUT2D eigenvalue weighted by Crippen LogP contribution is -2.34. The zero-order chi connectivity index (χ0) is 13.9. The molecule has 0 radical (unpaired) electrons. The monoisotopic (exact) mass is 274 g/mol. The van der Waals surface area contributed by atoms with Gasteiger partial charge in [0.2, 0.25) is 0 Å². The van der Waals surface area contributed by atoms with Gasteiger partial charge in [0.25, 0.3) is 0 Å². The Bertz CT molecular complexity index is 405. The predicted molar refractivity (Wildman–Crippen MR) is 65.7 cm³/mol. The van der Waals surface area contributed by atoms with Crippen molar-refractivity contribution in [2.45, 2.75) is 37.9 Å². The molecule has 19 heavy (non-hydrogen) atoms. The molecule has 2 rings (SSSR count). The summed E-state index contributed by atoms with van der Waals surface area (Å²) >= 11 is 0. The number of aliphatic hydroxyl groups excluding tert-OH is 1. The van der Waals surface area contributed by atoms with Crippen molar-refractivity contribution in [3.63, 3.8) is 0 Å². The van der Waals surface area contributed by atoms with E-state index in [4.69, 9.17) is 0 Å². The van der Waals surface area contributed by atoms with E-state index < -0.39 is 11.7 Å². The van der Waals surface area contributed by atoms with Gasteiger partial charge in [0.15, 0.2) is 0 Å². The van der Waals surface area contributed by atoms with Crippen LogP contribution in [-0.2, 0) is 6.18 Å². The maximum absolute atomic E-state index is 12.4. The minimum atomic E-state index is -4.36. The molecule has 3 nitrogen and oxygen atoms in total. The lowest BCUT2D eigenvalue weighted by molar-refractivity contribution is -0.137. The molecule has 0 spiro atoms. The summed E-state index contributed by atoms with van der Waals surface area (Å²) in [6, 6.07) is 2.45. The molecule has 1 aliphatic carbocycles. The molecule has 6 heteroatoms. The first kappa shape index (κ1) is 14.1. The van der Waals surface area contributed by atoms with E-state index in [2.05, 4.69) is 10.3 Å². The highest BCUT2D eigenvalue weighted by Gasteiger charge is 2.31. The second kappa shape index (κ2) is 5.77. The zero-order valence-corrected chi connectivity index (χ0v) is 10.5. The minimum Gasteiger partial charge on any atom is -0.396 e. The predicted octanol–water partition coefficient (Wildman–Crippen LogP) is 3.06. The van der Waals surface area contributed by atoms with Gasteiger partial charge in [-0.3, -0.25) is 0 Å². The van der Waals surface area contributed by atoms with Crippen LogP contribution in [0.15, 0.2) is 18.3 Å². The third-order valence-electron chi connectivity index (χ3n) is 3.57. The number of aromatic nitrogens is 1. The van der Waals surface area contributed by atoms with Gasteiger partial charge in [-0.1, -0.05) is 12.8 Å². The molecule has 0 bridgehead atoms. The maximum atomic E-state index is 12.4. The van der Waals surface area contributed by atoms with Crippen LogP contribution in [0.2, 0.25) is 0 Å². The smallest absolute Gasteiger partial charge is 0.396 e. The van der Waals surface area contributed by atoms with Gasteiger partial charge in [0, 0.05) is 24.8 Å². The Morgan fingerprint density at radius 2 is 2.00 bits per heavy atom. The summed E-state index contributed by atoms with van der Waals surface area (Å²) < 4.78 is 37.2. The van der Waals surface area contributed by atoms with E-state index in [-0.39, 0.29) is 18.6 Å². The van der Waals surface area contributed by atoms with E-state index in [0.717, 1.165) is 37.9 Å². The summed E-state index contributed by atoms with van der Waals surface area (Å²) in [5.74, 6) is 0.580. The van der Waals surface area contributed by atoms with Crippen LogP contribution in [0.1, 0.15) is 31.2 Å². The SMILES string of the molecule is OCC1CCCCC1Nc1ccc(C(F)(F)F)cn1. The summed E-state index contributed by atoms with van der Waals surface area (Å²) in [7, 11) is 0. The highest BCUT2D eigenvalue weighted by Crippen LogP contribution is 2.30. The molecule has 0 aromatic carbocycles. The van der Waals surface area contributed by atoms with Crippen molar-refractivity contribution in [3.8, 4) is 0 Å². The van der Waals surface area contributed by atoms with E-state index in [0.29, 0.717) is 5.82 Å². The fourth-order valence-corrected chi connectivity index (χ4v) is 2.45. The summed E-state index contributed by atoms with van der Waals surface area (Å²) in [6.45, 7) is 0.0955. The van der Waals surface area contributed by atoms with Gasteiger partial charge in [0.1, 0.15) is 5.82 Å². The molecule has 1 heterocycles. The normalized spacial score (nSPS) is 24.2. The Hall–Kier alpha value is -1.30. The lowest BCUT2D eigenvalue weighted by Gasteiger charge is -2.31. The molecule has 2 atom stereocenters. The van der Waals surface area contributed by atoms with Crippen molar-refractivity contribution in [1.82, 2.24) is 4.98 Å². The average Bonchev–Trinajstić information content (AvgIpc) is 2.39. The van der Waals surface area contributed by atoms with Crippen molar-refractivity contribution in [2.75, 3.05) is 11.9 Å². The maximum Gasteiger partial charge on any atom is 0.417 e. The lowest BCUT2D eigenvalue weighted by atomic mass is 9.85. The highest BCUT2D eigenvalue weighted by atomic mass is 19.4. The molecular formula is C13H17F3N2O. The first-order valence-electron chi connectivity index (χ1n) is 6.41. The van der Waals surface area contributed by atoms with E-state index in [9.17, 15) is 18.3 Å². The first-order valence-corrected chi connectivity index (χ1v) is 6.41. The van der Waals surface area contributed by atoms with E-state index in [1.165, 1.54) is 6.07 Å². The highest BCUT2D eigenvalue weighted by molar-refractivity contribution is 5.37. The van der Waals surface area contributed by atoms with Crippen LogP contribution in [0.5, 0.6) is 0 Å². The number of anilines is 1. The van der Waals surface area contributed by atoms with Crippen molar-refractivity contribution < 1.29 is 18.3 Å². The standard InChI is InChI=1S/C13H17F3N2O/c14-13(15,16)10-5-6-12(17-7-10)18-11-4-2-1-3-9(11)8-19/h5-7,9,11,19H,1-4,8H2,(H,17,18). The van der Waals surface area contributed by atoms with Crippen LogP contribution in [0.25, 0.3) is 0 Å². The summed E-state index contributed by atoms with van der Waals surface area (Å²) in [5, 5.41) is 12.4. The molecule has 2 unspecified atom stereocenters. The number of pyridine rings is 1. The Labute approximate surface area is 109 Å². The van der Waals surface area contributed by atoms with Crippen molar-refractivity contribution in [2.24, 2.45) is 5.92 Å². The molecule has 0 amide bonds. The van der Waals surface area contributed by atoms with Crippen LogP contribution < -0.4 is 5.32 Å². The molecule has 1 fully saturated rings. The van der Waals surface area contributed by atoms with Crippen LogP contribution in [-0.4, -0.2) is 22.7 Å².